The summed E-state index contributed by atoms with van der Waals surface area (Å²) < 4.78 is 209. The molecule has 0 bridgehead atoms. The van der Waals surface area contributed by atoms with Gasteiger partial charge in [-0.1, -0.05) is 24.3 Å². The molecule has 0 saturated heterocycles. The van der Waals surface area contributed by atoms with E-state index in [1.807, 2.05) is 18.7 Å². The summed E-state index contributed by atoms with van der Waals surface area (Å²) >= 11 is 0. The molecule has 2 heterocycles. The molecule has 0 fully saturated rings. The number of unbranched alkanes of at least 4 members (excludes halogenated alkanes) is 2. The Kier molecular flexibility index (Phi) is 20.3. The molecule has 2 aliphatic heterocycles. The van der Waals surface area contributed by atoms with Crippen LogP contribution in [0.1, 0.15) is 76.8 Å². The van der Waals surface area contributed by atoms with Crippen molar-refractivity contribution in [1.82, 2.24) is 0 Å². The maximum Gasteiger partial charge on any atom is 0.303 e. The van der Waals surface area contributed by atoms with Crippen LogP contribution in [0.25, 0.3) is 21.5 Å². The highest BCUT2D eigenvalue weighted by Gasteiger charge is 2.49. The summed E-state index contributed by atoms with van der Waals surface area (Å²) in [6, 6.07) is 8.79. The number of hydrogen-bond acceptors (Lipinski definition) is 20. The molecular formula is C51H61N2O21S5-3. The lowest BCUT2D eigenvalue weighted by atomic mass is 9.74. The number of rotatable bonds is 30. The van der Waals surface area contributed by atoms with Gasteiger partial charge in [-0.25, -0.2) is 33.7 Å². The molecule has 434 valence electrons. The lowest BCUT2D eigenvalue weighted by Crippen LogP contribution is -2.32. The number of anilines is 1. The minimum atomic E-state index is -5.42. The molecule has 4 aromatic rings. The Morgan fingerprint density at radius 3 is 1.70 bits per heavy atom. The molecule has 4 aromatic carbocycles. The zero-order valence-electron chi connectivity index (χ0n) is 43.6. The Morgan fingerprint density at radius 2 is 1.18 bits per heavy atom. The second-order valence-electron chi connectivity index (χ2n) is 19.2. The summed E-state index contributed by atoms with van der Waals surface area (Å²) in [5, 5.41) is 8.88. The van der Waals surface area contributed by atoms with Crippen LogP contribution in [-0.4, -0.2) is 158 Å². The van der Waals surface area contributed by atoms with E-state index in [4.69, 9.17) is 18.9 Å². The largest absolute Gasteiger partial charge is 0.744 e. The average Bonchev–Trinajstić information content (AvgIpc) is 3.97. The van der Waals surface area contributed by atoms with E-state index in [1.54, 1.807) is 55.1 Å². The lowest BCUT2D eigenvalue weighted by molar-refractivity contribution is -0.438. The molecule has 2 atom stereocenters. The summed E-state index contributed by atoms with van der Waals surface area (Å²) in [5.74, 6) is -1.73. The minimum Gasteiger partial charge on any atom is -0.744 e. The molecule has 0 saturated carbocycles. The number of carbonyl (C=O) groups is 1. The molecule has 23 nitrogen and oxygen atoms in total. The standard InChI is InChI=1S/C51H64N2O21S5/c1-5-52-41-18-16-37-39(31-35(76(59,60)61)33-43(37)78(65,66)67)48(41)51(3,21-23-72-26-27-74-29-28-73-25-24-71-4)45(52)13-8-6-9-14-46-50(2,20-12-30-75(56,57)58)49-40-32-36(77(62,63)64)34-44(79(68,69)70)38(40)17-19-42(49)53(46)22-11-7-10-15-47(54)55/h6,8-9,13-14,16-19,31-34H,5,7,10-12,15,20-30H2,1-4H3,(H5-,54,55,56,57,58,59,60,61,62,63,64,65,66,67,68,69,70)/p-3. The highest BCUT2D eigenvalue weighted by molar-refractivity contribution is 7.87. The predicted molar refractivity (Wildman–Crippen MR) is 284 cm³/mol. The topological polar surface area (TPSA) is 364 Å². The van der Waals surface area contributed by atoms with Gasteiger partial charge in [-0.2, -0.15) is 13.0 Å². The molecule has 0 aliphatic carbocycles. The Hall–Kier alpha value is -5.05. The fourth-order valence-corrected chi connectivity index (χ4v) is 13.6. The van der Waals surface area contributed by atoms with Crippen molar-refractivity contribution in [2.45, 2.75) is 96.1 Å². The number of ether oxygens (including phenoxy) is 4. The minimum absolute atomic E-state index is 0.0230. The van der Waals surface area contributed by atoms with Gasteiger partial charge in [-0.3, -0.25) is 9.35 Å². The first kappa shape index (κ1) is 63.1. The van der Waals surface area contributed by atoms with E-state index in [2.05, 4.69) is 0 Å². The van der Waals surface area contributed by atoms with E-state index in [0.717, 1.165) is 12.1 Å². The van der Waals surface area contributed by atoms with Crippen LogP contribution < -0.4 is 4.90 Å². The molecule has 0 radical (unpaired) electrons. The summed E-state index contributed by atoms with van der Waals surface area (Å²) in [5.41, 5.74) is 0.0183. The summed E-state index contributed by atoms with van der Waals surface area (Å²) in [4.78, 5) is 9.42. The Morgan fingerprint density at radius 1 is 0.633 bits per heavy atom. The van der Waals surface area contributed by atoms with Gasteiger partial charge < -0.3 is 47.2 Å². The van der Waals surface area contributed by atoms with Gasteiger partial charge in [-0.05, 0) is 117 Å². The highest BCUT2D eigenvalue weighted by atomic mass is 32.2. The first-order valence-corrected chi connectivity index (χ1v) is 32.1. The van der Waals surface area contributed by atoms with E-state index in [0.29, 0.717) is 86.1 Å². The fraction of sp³-hybridized carbons (Fsp3) is 0.451. The first-order valence-electron chi connectivity index (χ1n) is 24.8. The number of likely N-dealkylation sites (N-methyl/N-ethyl adjacent to an activating group) is 1. The van der Waals surface area contributed by atoms with Crippen LogP contribution in [0, 0.1) is 0 Å². The van der Waals surface area contributed by atoms with Gasteiger partial charge in [0.2, 0.25) is 5.69 Å². The van der Waals surface area contributed by atoms with Crippen LogP contribution in [0.15, 0.2) is 104 Å². The van der Waals surface area contributed by atoms with E-state index in [-0.39, 0.29) is 85.8 Å². The van der Waals surface area contributed by atoms with Gasteiger partial charge in [0.25, 0.3) is 10.1 Å². The molecule has 0 aromatic heterocycles. The number of hydrogen-bond donors (Lipinski definition) is 2. The third-order valence-electron chi connectivity index (χ3n) is 13.9. The van der Waals surface area contributed by atoms with Gasteiger partial charge in [0.1, 0.15) is 47.0 Å². The number of carboxylic acid groups (broad SMARTS) is 1. The first-order chi connectivity index (χ1) is 36.9. The third kappa shape index (κ3) is 14.9. The van der Waals surface area contributed by atoms with Gasteiger partial charge in [-0.15, -0.1) is 0 Å². The molecule has 2 unspecified atom stereocenters. The van der Waals surface area contributed by atoms with Crippen LogP contribution >= 0.6 is 0 Å². The van der Waals surface area contributed by atoms with Crippen molar-refractivity contribution in [3.63, 3.8) is 0 Å². The smallest absolute Gasteiger partial charge is 0.303 e. The maximum atomic E-state index is 12.7. The number of benzene rings is 4. The third-order valence-corrected chi connectivity index (χ3v) is 18.1. The molecule has 0 amide bonds. The van der Waals surface area contributed by atoms with Gasteiger partial charge in [0.05, 0.1) is 70.4 Å². The van der Waals surface area contributed by atoms with Gasteiger partial charge in [0.15, 0.2) is 5.71 Å². The Labute approximate surface area is 460 Å². The number of nitrogens with zero attached hydrogens (tertiary/aromatic N) is 2. The second kappa shape index (κ2) is 25.4. The van der Waals surface area contributed by atoms with Crippen molar-refractivity contribution in [1.29, 1.82) is 0 Å². The molecule has 79 heavy (non-hydrogen) atoms. The van der Waals surface area contributed by atoms with Crippen LogP contribution in [0.2, 0.25) is 0 Å². The van der Waals surface area contributed by atoms with E-state index < -0.39 is 92.7 Å². The monoisotopic (exact) mass is 1200 g/mol. The number of carboxylic acids is 1. The molecule has 28 heteroatoms. The van der Waals surface area contributed by atoms with Crippen LogP contribution in [-0.2, 0) is 85.2 Å². The van der Waals surface area contributed by atoms with Crippen molar-refractivity contribution < 1.29 is 98.3 Å². The lowest BCUT2D eigenvalue weighted by Gasteiger charge is -2.30. The molecule has 2 aliphatic rings. The molecule has 0 spiro atoms. The zero-order chi connectivity index (χ0) is 58.4. The number of fused-ring (bicyclic) bond motifs is 6. The molecule has 6 rings (SSSR count). The van der Waals surface area contributed by atoms with Crippen molar-refractivity contribution in [2.75, 3.05) is 77.1 Å². The summed E-state index contributed by atoms with van der Waals surface area (Å²) in [7, 11) is -24.4. The summed E-state index contributed by atoms with van der Waals surface area (Å²) in [6.45, 7) is 7.64. The number of allylic oxidation sites excluding steroid dienone is 6. The van der Waals surface area contributed by atoms with Crippen molar-refractivity contribution in [2.24, 2.45) is 0 Å². The van der Waals surface area contributed by atoms with Gasteiger partial charge in [0, 0.05) is 73.0 Å². The Bertz CT molecular complexity index is 3690. The second-order valence-corrected chi connectivity index (χ2v) is 26.2. The van der Waals surface area contributed by atoms with Crippen molar-refractivity contribution in [3.05, 3.63) is 95.7 Å². The van der Waals surface area contributed by atoms with Crippen LogP contribution in [0.3, 0.4) is 0 Å². The zero-order valence-corrected chi connectivity index (χ0v) is 47.7. The number of methoxy groups -OCH3 is 1. The van der Waals surface area contributed by atoms with E-state index in [1.165, 1.54) is 18.2 Å². The number of aliphatic carboxylic acids is 1. The van der Waals surface area contributed by atoms with Crippen LogP contribution in [0.5, 0.6) is 0 Å². The SMILES string of the molecule is CCN1C(=CC=CC=CC2=[N+](CCCCCC(=O)O)c3ccc4c(S(=O)(=O)[O-])cc(S(=O)(=O)[O-])cc4c3C2(C)CCCS(=O)(=O)O)C(C)(CCOCCOCCOCCOC)c2c1ccc1c(S(=O)(=O)[O-])cc(S(=O)(=O)[O-])cc21. The fourth-order valence-electron chi connectivity index (χ4n) is 10.4. The molecule has 2 N–H and O–H groups in total. The van der Waals surface area contributed by atoms with E-state index in [9.17, 15) is 74.8 Å². The maximum absolute atomic E-state index is 12.7. The molecular weight excluding hydrogens is 1140 g/mol. The normalized spacial score (nSPS) is 18.8. The van der Waals surface area contributed by atoms with Gasteiger partial charge >= 0.3 is 5.97 Å². The van der Waals surface area contributed by atoms with Crippen molar-refractivity contribution >= 4 is 95.2 Å². The van der Waals surface area contributed by atoms with E-state index >= 15 is 0 Å². The average molecular weight is 1200 g/mol. The predicted octanol–water partition coefficient (Wildman–Crippen LogP) is 5.16. The van der Waals surface area contributed by atoms with Crippen molar-refractivity contribution in [3.8, 4) is 0 Å². The van der Waals surface area contributed by atoms with Crippen LogP contribution in [0.4, 0.5) is 11.4 Å². The summed E-state index contributed by atoms with van der Waals surface area (Å²) in [6.07, 6.45) is 9.18. The Balaban J connectivity index is 1.49. The quantitative estimate of drug-likeness (QED) is 0.0295. The highest BCUT2D eigenvalue weighted by Crippen LogP contribution is 2.54.